The molecule has 2 saturated heterocycles. The first-order valence-electron chi connectivity index (χ1n) is 9.16. The van der Waals surface area contributed by atoms with E-state index in [1.54, 1.807) is 12.0 Å². The molecule has 142 valence electrons. The van der Waals surface area contributed by atoms with E-state index >= 15 is 0 Å². The van der Waals surface area contributed by atoms with Gasteiger partial charge >= 0.3 is 0 Å². The normalized spacial score (nSPS) is 17.6. The molecule has 1 aromatic heterocycles. The first-order valence-corrected chi connectivity index (χ1v) is 10.0. The summed E-state index contributed by atoms with van der Waals surface area (Å²) in [5.41, 5.74) is 1.15. The minimum absolute atomic E-state index is 0.0402. The Morgan fingerprint density at radius 2 is 1.70 bits per heavy atom. The summed E-state index contributed by atoms with van der Waals surface area (Å²) in [6, 6.07) is 11.7. The largest absolute Gasteiger partial charge is 0.497 e. The average Bonchev–Trinajstić information content (AvgIpc) is 3.22. The van der Waals surface area contributed by atoms with Crippen LogP contribution >= 0.6 is 11.3 Å². The van der Waals surface area contributed by atoms with Crippen molar-refractivity contribution in [2.45, 2.75) is 0 Å². The van der Waals surface area contributed by atoms with Gasteiger partial charge in [0.05, 0.1) is 17.9 Å². The SMILES string of the molecule is COc1ccc(N2CCN(C(=O)C3CN(C(=O)c4cccs4)C3)CC2)cc1. The van der Waals surface area contributed by atoms with E-state index < -0.39 is 0 Å². The zero-order valence-corrected chi connectivity index (χ0v) is 16.2. The number of amides is 2. The lowest BCUT2D eigenvalue weighted by Gasteiger charge is -2.43. The molecule has 4 rings (SSSR count). The summed E-state index contributed by atoms with van der Waals surface area (Å²) in [6.07, 6.45) is 0. The third-order valence-corrected chi connectivity index (χ3v) is 6.14. The summed E-state index contributed by atoms with van der Waals surface area (Å²) < 4.78 is 5.20. The number of likely N-dealkylation sites (tertiary alicyclic amines) is 1. The Morgan fingerprint density at radius 3 is 2.30 bits per heavy atom. The maximum Gasteiger partial charge on any atom is 0.263 e. The summed E-state index contributed by atoms with van der Waals surface area (Å²) in [4.78, 5) is 31.7. The van der Waals surface area contributed by atoms with Crippen LogP contribution in [0.1, 0.15) is 9.67 Å². The van der Waals surface area contributed by atoms with Gasteiger partial charge in [0, 0.05) is 45.0 Å². The van der Waals surface area contributed by atoms with Crippen LogP contribution in [-0.2, 0) is 4.79 Å². The van der Waals surface area contributed by atoms with Crippen molar-refractivity contribution in [3.05, 3.63) is 46.7 Å². The van der Waals surface area contributed by atoms with Gasteiger partial charge in [-0.3, -0.25) is 9.59 Å². The quantitative estimate of drug-likeness (QED) is 0.810. The van der Waals surface area contributed by atoms with Gasteiger partial charge in [-0.1, -0.05) is 6.07 Å². The Hall–Kier alpha value is -2.54. The highest BCUT2D eigenvalue weighted by Gasteiger charge is 2.39. The molecule has 0 saturated carbocycles. The number of benzene rings is 1. The van der Waals surface area contributed by atoms with Crippen molar-refractivity contribution in [1.29, 1.82) is 0 Å². The van der Waals surface area contributed by atoms with Gasteiger partial charge in [0.1, 0.15) is 5.75 Å². The fourth-order valence-electron chi connectivity index (χ4n) is 3.59. The predicted molar refractivity (Wildman–Crippen MR) is 105 cm³/mol. The van der Waals surface area contributed by atoms with E-state index in [0.717, 1.165) is 42.5 Å². The molecular weight excluding hydrogens is 362 g/mol. The molecular formula is C20H23N3O3S. The molecule has 0 atom stereocenters. The van der Waals surface area contributed by atoms with Gasteiger partial charge in [-0.25, -0.2) is 0 Å². The molecule has 0 N–H and O–H groups in total. The monoisotopic (exact) mass is 385 g/mol. The number of hydrogen-bond donors (Lipinski definition) is 0. The molecule has 0 spiro atoms. The molecule has 0 radical (unpaired) electrons. The number of carbonyl (C=O) groups is 2. The Morgan fingerprint density at radius 1 is 1.00 bits per heavy atom. The molecule has 27 heavy (non-hydrogen) atoms. The number of thiophene rings is 1. The number of anilines is 1. The topological polar surface area (TPSA) is 53.1 Å². The van der Waals surface area contributed by atoms with E-state index in [1.807, 2.05) is 34.5 Å². The summed E-state index contributed by atoms with van der Waals surface area (Å²) in [5, 5.41) is 1.90. The molecule has 6 nitrogen and oxygen atoms in total. The lowest BCUT2D eigenvalue weighted by molar-refractivity contribution is -0.140. The summed E-state index contributed by atoms with van der Waals surface area (Å²) >= 11 is 1.45. The summed E-state index contributed by atoms with van der Waals surface area (Å²) in [5.74, 6) is 1.01. The van der Waals surface area contributed by atoms with Gasteiger partial charge in [-0.05, 0) is 35.7 Å². The number of nitrogens with zero attached hydrogens (tertiary/aromatic N) is 3. The first-order chi connectivity index (χ1) is 13.2. The zero-order chi connectivity index (χ0) is 18.8. The number of piperazine rings is 1. The lowest BCUT2D eigenvalue weighted by atomic mass is 9.97. The van der Waals surface area contributed by atoms with E-state index in [9.17, 15) is 9.59 Å². The minimum atomic E-state index is -0.0542. The number of ether oxygens (including phenoxy) is 1. The number of rotatable bonds is 4. The summed E-state index contributed by atoms with van der Waals surface area (Å²) in [7, 11) is 1.66. The van der Waals surface area contributed by atoms with Gasteiger partial charge in [0.2, 0.25) is 5.91 Å². The Bertz CT molecular complexity index is 792. The standard InChI is InChI=1S/C20H23N3O3S/c1-26-17-6-4-16(5-7-17)21-8-10-22(11-9-21)19(24)15-13-23(14-15)20(25)18-3-2-12-27-18/h2-7,12,15H,8-11,13-14H2,1H3. The van der Waals surface area contributed by atoms with Gasteiger partial charge in [-0.15, -0.1) is 11.3 Å². The molecule has 3 heterocycles. The smallest absolute Gasteiger partial charge is 0.263 e. The average molecular weight is 385 g/mol. The molecule has 0 aliphatic carbocycles. The van der Waals surface area contributed by atoms with Gasteiger partial charge in [0.25, 0.3) is 5.91 Å². The van der Waals surface area contributed by atoms with Crippen molar-refractivity contribution in [2.75, 3.05) is 51.3 Å². The molecule has 0 unspecified atom stereocenters. The van der Waals surface area contributed by atoms with Crippen LogP contribution in [0.2, 0.25) is 0 Å². The molecule has 7 heteroatoms. The maximum absolute atomic E-state index is 12.7. The van der Waals surface area contributed by atoms with Gasteiger partial charge in [-0.2, -0.15) is 0 Å². The van der Waals surface area contributed by atoms with Crippen molar-refractivity contribution < 1.29 is 14.3 Å². The third kappa shape index (κ3) is 3.64. The highest BCUT2D eigenvalue weighted by Crippen LogP contribution is 2.24. The molecule has 2 aliphatic heterocycles. The van der Waals surface area contributed by atoms with E-state index in [-0.39, 0.29) is 17.7 Å². The Labute approximate surface area is 162 Å². The Kier molecular flexibility index (Phi) is 5.03. The minimum Gasteiger partial charge on any atom is -0.497 e. The van der Waals surface area contributed by atoms with E-state index in [2.05, 4.69) is 17.0 Å². The van der Waals surface area contributed by atoms with E-state index in [1.165, 1.54) is 11.3 Å². The number of methoxy groups -OCH3 is 1. The molecule has 2 fully saturated rings. The Balaban J connectivity index is 1.26. The van der Waals surface area contributed by atoms with Crippen LogP contribution in [0.25, 0.3) is 0 Å². The van der Waals surface area contributed by atoms with Crippen LogP contribution in [0, 0.1) is 5.92 Å². The van der Waals surface area contributed by atoms with E-state index in [4.69, 9.17) is 4.74 Å². The second-order valence-electron chi connectivity index (χ2n) is 6.89. The van der Waals surface area contributed by atoms with Crippen molar-refractivity contribution >= 4 is 28.8 Å². The lowest BCUT2D eigenvalue weighted by Crippen LogP contribution is -2.59. The maximum atomic E-state index is 12.7. The van der Waals surface area contributed by atoms with Crippen LogP contribution in [-0.4, -0.2) is 68.0 Å². The molecule has 2 aliphatic rings. The van der Waals surface area contributed by atoms with E-state index in [0.29, 0.717) is 13.1 Å². The third-order valence-electron chi connectivity index (χ3n) is 5.28. The molecule has 2 aromatic rings. The van der Waals surface area contributed by atoms with Gasteiger partial charge in [0.15, 0.2) is 0 Å². The molecule has 2 amide bonds. The first kappa shape index (κ1) is 17.9. The van der Waals surface area contributed by atoms with Crippen LogP contribution in [0.5, 0.6) is 5.75 Å². The van der Waals surface area contributed by atoms with Gasteiger partial charge < -0.3 is 19.4 Å². The highest BCUT2D eigenvalue weighted by molar-refractivity contribution is 7.12. The van der Waals surface area contributed by atoms with Crippen molar-refractivity contribution in [3.63, 3.8) is 0 Å². The van der Waals surface area contributed by atoms with Crippen molar-refractivity contribution in [1.82, 2.24) is 9.80 Å². The van der Waals surface area contributed by atoms with Crippen LogP contribution in [0.3, 0.4) is 0 Å². The van der Waals surface area contributed by atoms with Crippen LogP contribution < -0.4 is 9.64 Å². The fraction of sp³-hybridized carbons (Fsp3) is 0.400. The molecule has 1 aromatic carbocycles. The molecule has 0 bridgehead atoms. The second-order valence-corrected chi connectivity index (χ2v) is 7.84. The fourth-order valence-corrected chi connectivity index (χ4v) is 4.28. The van der Waals surface area contributed by atoms with Crippen molar-refractivity contribution in [3.8, 4) is 5.75 Å². The van der Waals surface area contributed by atoms with Crippen LogP contribution in [0.4, 0.5) is 5.69 Å². The van der Waals surface area contributed by atoms with Crippen LogP contribution in [0.15, 0.2) is 41.8 Å². The second kappa shape index (κ2) is 7.60. The number of hydrogen-bond acceptors (Lipinski definition) is 5. The van der Waals surface area contributed by atoms with Crippen molar-refractivity contribution in [2.24, 2.45) is 5.92 Å². The summed E-state index contributed by atoms with van der Waals surface area (Å²) in [6.45, 7) is 4.16. The number of carbonyl (C=O) groups excluding carboxylic acids is 2. The zero-order valence-electron chi connectivity index (χ0n) is 15.3. The predicted octanol–water partition coefficient (Wildman–Crippen LogP) is 2.18. The highest BCUT2D eigenvalue weighted by atomic mass is 32.1.